The zero-order valence-electron chi connectivity index (χ0n) is 46.6. The molecule has 6 aromatic heterocycles. The fourth-order valence-corrected chi connectivity index (χ4v) is 9.41. The summed E-state index contributed by atoms with van der Waals surface area (Å²) in [5, 5.41) is 33.3. The monoisotopic (exact) mass is 1150 g/mol. The minimum absolute atomic E-state index is 0.00331. The number of amides is 10. The number of aromatic nitrogens is 6. The molecule has 0 aliphatic carbocycles. The summed E-state index contributed by atoms with van der Waals surface area (Å²) < 4.78 is 7.56. The molecule has 15 N–H and O–H groups in total. The normalized spacial score (nSPS) is 19.4. The molecule has 9 heterocycles. The molecule has 9 rings (SSSR count). The van der Waals surface area contributed by atoms with Crippen molar-refractivity contribution in [2.24, 2.45) is 41.0 Å². The van der Waals surface area contributed by atoms with E-state index in [2.05, 4.69) is 68.8 Å². The summed E-state index contributed by atoms with van der Waals surface area (Å²) in [5.41, 5.74) is 8.99. The van der Waals surface area contributed by atoms with Crippen LogP contribution in [-0.2, 0) is 54.4 Å². The molecule has 3 atom stereocenters. The smallest absolute Gasteiger partial charge is 0.272 e. The Kier molecular flexibility index (Phi) is 16.5. The molecule has 0 aromatic carbocycles. The second-order valence-electron chi connectivity index (χ2n) is 20.3. The summed E-state index contributed by atoms with van der Waals surface area (Å²) in [6.45, 7) is 0.140. The van der Waals surface area contributed by atoms with Crippen LogP contribution >= 0.6 is 0 Å². The summed E-state index contributed by atoms with van der Waals surface area (Å²) in [7, 11) is 11.3. The first kappa shape index (κ1) is 57.7. The van der Waals surface area contributed by atoms with E-state index in [4.69, 9.17) is 5.73 Å². The average Bonchev–Trinajstić information content (AvgIpc) is 4.47. The molecule has 84 heavy (non-hydrogen) atoms. The quantitative estimate of drug-likeness (QED) is 0.0938. The fraction of sp³-hybridized carbons (Fsp3) is 0.283. The number of H-pyrrole nitrogens is 1. The van der Waals surface area contributed by atoms with E-state index in [-0.39, 0.29) is 95.4 Å². The van der Waals surface area contributed by atoms with Crippen molar-refractivity contribution in [1.29, 1.82) is 0 Å². The van der Waals surface area contributed by atoms with E-state index in [1.807, 2.05) is 0 Å². The van der Waals surface area contributed by atoms with Crippen molar-refractivity contribution in [2.75, 3.05) is 59.1 Å². The predicted molar refractivity (Wildman–Crippen MR) is 305 cm³/mol. The van der Waals surface area contributed by atoms with Gasteiger partial charge in [-0.05, 0) is 49.2 Å². The third kappa shape index (κ3) is 13.1. The number of nitrogens with one attached hydrogen (secondary N) is 13. The molecule has 6 aromatic rings. The number of nitrogens with two attached hydrogens (primary N) is 1. The number of rotatable bonds is 0. The molecule has 10 amide bonds. The number of nitrogens with zero attached hydrogens (tertiary/aromatic N) is 7. The van der Waals surface area contributed by atoms with Crippen molar-refractivity contribution in [3.63, 3.8) is 0 Å². The Hall–Kier alpha value is -11.0. The molecule has 16 bridgehead atoms. The predicted octanol–water partition coefficient (Wildman–Crippen LogP) is -0.183. The first-order chi connectivity index (χ1) is 40.0. The molecule has 3 aliphatic heterocycles. The summed E-state index contributed by atoms with van der Waals surface area (Å²) in [5.74, 6) is -4.70. The van der Waals surface area contributed by atoms with E-state index < -0.39 is 71.5 Å². The standard InChI is InChI=1S/C53H63N21O10/c1-68-20-28-14-35(68)47(78)55-11-8-9-42(75)64-40-25-73(6)43(65-40)52(83)62-32-18-39(72(5)24-32)51(82)61-30-16-38(70(3)22-30)50(81)60-29-15-36(69(2)21-29)48(79)56-12-10-33(54)45(76)67-41-26-74(7)44(66-41)53(84)63-31-17-37(71(4)23-31)49(80)58-27-13-34(57-19-27)46(77)59-28/h13-26,33,43-44,57,65-66H,8-12,54H2,1-7H3,(H,55,78)(H,56,79)(H,58,80)(H,59,77)(H,60,81)(H,61,82)(H,62,83)(H,63,84)(H,64,75)(H,67,76)/t33-,43+,44?/m1/s1. The number of aryl methyl sites for hydroxylation is 5. The average molecular weight is 1150 g/mol. The number of hydrogen-bond donors (Lipinski definition) is 14. The lowest BCUT2D eigenvalue weighted by atomic mass is 10.2. The van der Waals surface area contributed by atoms with Crippen molar-refractivity contribution in [3.05, 3.63) is 132 Å². The summed E-state index contributed by atoms with van der Waals surface area (Å²) in [6.07, 6.45) is 10.6. The number of fused-ring (bicyclic) bond motifs is 16. The van der Waals surface area contributed by atoms with Gasteiger partial charge in [0.1, 0.15) is 45.8 Å². The number of aromatic amines is 1. The molecule has 0 saturated heterocycles. The van der Waals surface area contributed by atoms with Crippen molar-refractivity contribution >= 4 is 93.2 Å². The van der Waals surface area contributed by atoms with Crippen LogP contribution < -0.4 is 69.5 Å². The van der Waals surface area contributed by atoms with Gasteiger partial charge in [-0.1, -0.05) is 0 Å². The van der Waals surface area contributed by atoms with E-state index in [0.29, 0.717) is 22.7 Å². The van der Waals surface area contributed by atoms with Crippen LogP contribution in [0.2, 0.25) is 0 Å². The van der Waals surface area contributed by atoms with Gasteiger partial charge in [-0.3, -0.25) is 47.9 Å². The molecule has 0 radical (unpaired) electrons. The fourth-order valence-electron chi connectivity index (χ4n) is 9.41. The van der Waals surface area contributed by atoms with Gasteiger partial charge in [-0.15, -0.1) is 0 Å². The zero-order chi connectivity index (χ0) is 60.3. The topological polar surface area (TPSA) is 388 Å². The van der Waals surface area contributed by atoms with E-state index in [1.54, 1.807) is 85.2 Å². The summed E-state index contributed by atoms with van der Waals surface area (Å²) in [4.78, 5) is 139. The number of carbonyl (C=O) groups excluding carboxylic acids is 10. The third-order valence-corrected chi connectivity index (χ3v) is 13.7. The van der Waals surface area contributed by atoms with E-state index in [1.165, 1.54) is 82.7 Å². The Bertz CT molecular complexity index is 3720. The molecule has 0 saturated carbocycles. The SMILES string of the molecule is CN1C=C2NC(=O)[C@H](N)CCNC(=O)c3cc(cn3C)NC(=O)c3cc(cn3C)NC(=O)c3cc(cn3C)NC(=O)[C@H]3NC(=CN3C)NC(=O)CCCNC(=O)c3cc(cn3C)NC(=O)c3cc(c[nH]3)NC(=O)c3cc(cn3C)NC(=O)C1N2. The number of anilines is 6. The summed E-state index contributed by atoms with van der Waals surface area (Å²) in [6, 6.07) is 7.71. The first-order valence-electron chi connectivity index (χ1n) is 26.2. The second kappa shape index (κ2) is 24.0. The van der Waals surface area contributed by atoms with E-state index >= 15 is 0 Å². The van der Waals surface area contributed by atoms with Gasteiger partial charge in [-0.2, -0.15) is 0 Å². The number of likely N-dealkylation sites (N-methyl/N-ethyl adjacent to an activating group) is 2. The minimum atomic E-state index is -1.08. The van der Waals surface area contributed by atoms with Crippen molar-refractivity contribution in [1.82, 2.24) is 69.5 Å². The van der Waals surface area contributed by atoms with Crippen molar-refractivity contribution in [2.45, 2.75) is 37.6 Å². The molecule has 31 heteroatoms. The zero-order valence-corrected chi connectivity index (χ0v) is 46.6. The number of hydrogen-bond acceptors (Lipinski definition) is 15. The highest BCUT2D eigenvalue weighted by atomic mass is 16.2. The van der Waals surface area contributed by atoms with Gasteiger partial charge < -0.3 is 107 Å². The second-order valence-corrected chi connectivity index (χ2v) is 20.3. The molecule has 0 spiro atoms. The van der Waals surface area contributed by atoms with E-state index in [0.717, 1.165) is 0 Å². The Morgan fingerprint density at radius 1 is 0.417 bits per heavy atom. The first-order valence-corrected chi connectivity index (χ1v) is 26.2. The maximum absolute atomic E-state index is 13.5. The van der Waals surface area contributed by atoms with E-state index in [9.17, 15) is 47.9 Å². The van der Waals surface area contributed by atoms with Gasteiger partial charge >= 0.3 is 0 Å². The Morgan fingerprint density at radius 2 is 0.798 bits per heavy atom. The largest absolute Gasteiger partial charge is 0.355 e. The van der Waals surface area contributed by atoms with Gasteiger partial charge in [0, 0.05) is 118 Å². The van der Waals surface area contributed by atoms with Crippen LogP contribution in [0, 0.1) is 0 Å². The van der Waals surface area contributed by atoms with Crippen LogP contribution in [0.25, 0.3) is 0 Å². The lowest BCUT2D eigenvalue weighted by Crippen LogP contribution is -2.48. The minimum Gasteiger partial charge on any atom is -0.355 e. The van der Waals surface area contributed by atoms with Crippen LogP contribution in [0.15, 0.2) is 97.6 Å². The maximum Gasteiger partial charge on any atom is 0.272 e. The van der Waals surface area contributed by atoms with Crippen LogP contribution in [0.3, 0.4) is 0 Å². The lowest BCUT2D eigenvalue weighted by Gasteiger charge is -2.20. The van der Waals surface area contributed by atoms with Crippen molar-refractivity contribution < 1.29 is 47.9 Å². The number of carbonyl (C=O) groups is 10. The highest BCUT2D eigenvalue weighted by Crippen LogP contribution is 2.23. The van der Waals surface area contributed by atoms with Gasteiger partial charge in [0.25, 0.3) is 47.3 Å². The van der Waals surface area contributed by atoms with Crippen LogP contribution in [0.1, 0.15) is 82.2 Å². The molecule has 31 nitrogen and oxygen atoms in total. The van der Waals surface area contributed by atoms with Crippen LogP contribution in [0.5, 0.6) is 0 Å². The Labute approximate surface area is 478 Å². The molecule has 3 aliphatic rings. The molecule has 440 valence electrons. The molecule has 1 unspecified atom stereocenters. The molecular formula is C53H63N21O10. The third-order valence-electron chi connectivity index (χ3n) is 13.7. The highest BCUT2D eigenvalue weighted by Gasteiger charge is 2.32. The van der Waals surface area contributed by atoms with Gasteiger partial charge in [0.05, 0.1) is 40.2 Å². The highest BCUT2D eigenvalue weighted by molar-refractivity contribution is 6.09. The molecular weight excluding hydrogens is 1090 g/mol. The maximum atomic E-state index is 13.5. The molecule has 0 fully saturated rings. The summed E-state index contributed by atoms with van der Waals surface area (Å²) >= 11 is 0. The Morgan fingerprint density at radius 3 is 1.25 bits per heavy atom. The Balaban J connectivity index is 0.848. The van der Waals surface area contributed by atoms with Gasteiger partial charge in [-0.25, -0.2) is 0 Å². The van der Waals surface area contributed by atoms with Crippen LogP contribution in [0.4, 0.5) is 34.1 Å². The van der Waals surface area contributed by atoms with Gasteiger partial charge in [0.2, 0.25) is 11.8 Å². The van der Waals surface area contributed by atoms with Crippen LogP contribution in [-0.4, -0.2) is 142 Å². The van der Waals surface area contributed by atoms with Crippen molar-refractivity contribution in [3.8, 4) is 0 Å². The lowest BCUT2D eigenvalue weighted by molar-refractivity contribution is -0.122. The van der Waals surface area contributed by atoms with Gasteiger partial charge in [0.15, 0.2) is 12.3 Å².